The summed E-state index contributed by atoms with van der Waals surface area (Å²) in [7, 11) is 0. The molecule has 2 aromatic heterocycles. The highest BCUT2D eigenvalue weighted by Crippen LogP contribution is 2.34. The summed E-state index contributed by atoms with van der Waals surface area (Å²) in [6.45, 7) is 5.38. The fraction of sp³-hybridized carbons (Fsp3) is 0.381. The molecule has 6 heteroatoms. The number of hydrogen-bond acceptors (Lipinski definition) is 4. The van der Waals surface area contributed by atoms with Gasteiger partial charge in [0.2, 0.25) is 5.91 Å². The maximum absolute atomic E-state index is 13.0. The molecule has 0 unspecified atom stereocenters. The molecule has 0 radical (unpaired) electrons. The standard InChI is InChI=1S/C21H24N4O2/c1-14-11-19(27-24-14)18-12-22-23-20(18)17-9-6-10-25(13-17)21(26)15(2)16-7-4-3-5-8-16/h3-5,7-8,11-12,15,17H,6,9-10,13H2,1-2H3,(H,22,23)/t15-,17-/m1/s1. The summed E-state index contributed by atoms with van der Waals surface area (Å²) in [5.41, 5.74) is 3.86. The van der Waals surface area contributed by atoms with Crippen molar-refractivity contribution < 1.29 is 9.32 Å². The Morgan fingerprint density at radius 3 is 2.89 bits per heavy atom. The Morgan fingerprint density at radius 2 is 2.15 bits per heavy atom. The molecule has 3 heterocycles. The highest BCUT2D eigenvalue weighted by atomic mass is 16.5. The van der Waals surface area contributed by atoms with Crippen LogP contribution in [0.3, 0.4) is 0 Å². The Labute approximate surface area is 158 Å². The van der Waals surface area contributed by atoms with E-state index in [1.807, 2.05) is 55.1 Å². The normalized spacial score (nSPS) is 18.4. The molecule has 140 valence electrons. The van der Waals surface area contributed by atoms with E-state index in [0.717, 1.165) is 47.7 Å². The number of carbonyl (C=O) groups excluding carboxylic acids is 1. The molecule has 0 spiro atoms. The monoisotopic (exact) mass is 364 g/mol. The van der Waals surface area contributed by atoms with Gasteiger partial charge in [0, 0.05) is 25.1 Å². The van der Waals surface area contributed by atoms with Gasteiger partial charge in [-0.2, -0.15) is 5.10 Å². The first-order valence-electron chi connectivity index (χ1n) is 9.44. The quantitative estimate of drug-likeness (QED) is 0.762. The van der Waals surface area contributed by atoms with Gasteiger partial charge in [0.15, 0.2) is 5.76 Å². The first kappa shape index (κ1) is 17.5. The number of nitrogens with zero attached hydrogens (tertiary/aromatic N) is 3. The predicted molar refractivity (Wildman–Crippen MR) is 102 cm³/mol. The Morgan fingerprint density at radius 1 is 1.33 bits per heavy atom. The van der Waals surface area contributed by atoms with E-state index in [2.05, 4.69) is 15.4 Å². The second kappa shape index (κ2) is 7.39. The number of hydrogen-bond donors (Lipinski definition) is 1. The first-order valence-corrected chi connectivity index (χ1v) is 9.44. The molecule has 2 atom stereocenters. The van der Waals surface area contributed by atoms with Gasteiger partial charge in [-0.05, 0) is 32.3 Å². The predicted octanol–water partition coefficient (Wildman–Crippen LogP) is 3.88. The maximum Gasteiger partial charge on any atom is 0.229 e. The molecule has 4 rings (SSSR count). The summed E-state index contributed by atoms with van der Waals surface area (Å²) in [6, 6.07) is 11.9. The van der Waals surface area contributed by atoms with Crippen LogP contribution in [0.4, 0.5) is 0 Å². The van der Waals surface area contributed by atoms with E-state index in [9.17, 15) is 4.79 Å². The zero-order valence-corrected chi connectivity index (χ0v) is 15.7. The number of benzene rings is 1. The average Bonchev–Trinajstić information content (AvgIpc) is 3.36. The molecule has 3 aromatic rings. The van der Waals surface area contributed by atoms with E-state index in [-0.39, 0.29) is 17.7 Å². The highest BCUT2D eigenvalue weighted by Gasteiger charge is 2.30. The summed E-state index contributed by atoms with van der Waals surface area (Å²) >= 11 is 0. The average molecular weight is 364 g/mol. The van der Waals surface area contributed by atoms with Crippen molar-refractivity contribution in [2.75, 3.05) is 13.1 Å². The van der Waals surface area contributed by atoms with Gasteiger partial charge in [0.25, 0.3) is 0 Å². The minimum atomic E-state index is -0.136. The number of carbonyl (C=O) groups is 1. The number of piperidine rings is 1. The van der Waals surface area contributed by atoms with Crippen LogP contribution in [-0.2, 0) is 4.79 Å². The van der Waals surface area contributed by atoms with E-state index >= 15 is 0 Å². The third-order valence-electron chi connectivity index (χ3n) is 5.37. The molecule has 27 heavy (non-hydrogen) atoms. The lowest BCUT2D eigenvalue weighted by Gasteiger charge is -2.34. The van der Waals surface area contributed by atoms with Crippen LogP contribution < -0.4 is 0 Å². The number of likely N-dealkylation sites (tertiary alicyclic amines) is 1. The second-order valence-corrected chi connectivity index (χ2v) is 7.29. The van der Waals surface area contributed by atoms with Crippen molar-refractivity contribution >= 4 is 5.91 Å². The van der Waals surface area contributed by atoms with Crippen molar-refractivity contribution in [2.24, 2.45) is 0 Å². The van der Waals surface area contributed by atoms with Gasteiger partial charge < -0.3 is 9.42 Å². The van der Waals surface area contributed by atoms with Crippen molar-refractivity contribution in [3.8, 4) is 11.3 Å². The molecule has 0 bridgehead atoms. The zero-order chi connectivity index (χ0) is 18.8. The number of aryl methyl sites for hydroxylation is 1. The van der Waals surface area contributed by atoms with Crippen LogP contribution in [0.5, 0.6) is 0 Å². The lowest BCUT2D eigenvalue weighted by Crippen LogP contribution is -2.41. The summed E-state index contributed by atoms with van der Waals surface area (Å²) in [5.74, 6) is 0.983. The minimum Gasteiger partial charge on any atom is -0.356 e. The molecule has 1 fully saturated rings. The van der Waals surface area contributed by atoms with Gasteiger partial charge in [0.05, 0.1) is 29.1 Å². The minimum absolute atomic E-state index is 0.136. The number of rotatable bonds is 4. The van der Waals surface area contributed by atoms with Crippen LogP contribution >= 0.6 is 0 Å². The van der Waals surface area contributed by atoms with Gasteiger partial charge in [-0.25, -0.2) is 0 Å². The summed E-state index contributed by atoms with van der Waals surface area (Å²) in [4.78, 5) is 15.0. The van der Waals surface area contributed by atoms with Gasteiger partial charge in [0.1, 0.15) is 0 Å². The molecule has 0 aliphatic carbocycles. The van der Waals surface area contributed by atoms with Gasteiger partial charge in [-0.15, -0.1) is 0 Å². The molecule has 6 nitrogen and oxygen atoms in total. The fourth-order valence-corrected chi connectivity index (χ4v) is 3.87. The lowest BCUT2D eigenvalue weighted by molar-refractivity contribution is -0.133. The Balaban J connectivity index is 1.52. The summed E-state index contributed by atoms with van der Waals surface area (Å²) in [5, 5.41) is 11.3. The fourth-order valence-electron chi connectivity index (χ4n) is 3.87. The Bertz CT molecular complexity index is 915. The van der Waals surface area contributed by atoms with E-state index in [1.54, 1.807) is 6.20 Å². The highest BCUT2D eigenvalue weighted by molar-refractivity contribution is 5.83. The molecule has 1 aliphatic heterocycles. The van der Waals surface area contributed by atoms with Crippen LogP contribution in [0.1, 0.15) is 48.6 Å². The zero-order valence-electron chi connectivity index (χ0n) is 15.7. The molecule has 1 saturated heterocycles. The smallest absolute Gasteiger partial charge is 0.229 e. The number of aromatic nitrogens is 3. The second-order valence-electron chi connectivity index (χ2n) is 7.29. The third-order valence-corrected chi connectivity index (χ3v) is 5.37. The van der Waals surface area contributed by atoms with Crippen LogP contribution in [0.25, 0.3) is 11.3 Å². The number of amides is 1. The number of aromatic amines is 1. The van der Waals surface area contributed by atoms with Crippen molar-refractivity contribution in [3.63, 3.8) is 0 Å². The van der Waals surface area contributed by atoms with E-state index in [0.29, 0.717) is 6.54 Å². The van der Waals surface area contributed by atoms with Crippen molar-refractivity contribution in [2.45, 2.75) is 38.5 Å². The van der Waals surface area contributed by atoms with Crippen LogP contribution in [0.15, 0.2) is 47.1 Å². The molecule has 0 saturated carbocycles. The van der Waals surface area contributed by atoms with Gasteiger partial charge in [-0.1, -0.05) is 35.5 Å². The molecular formula is C21H24N4O2. The van der Waals surface area contributed by atoms with Crippen LogP contribution in [0.2, 0.25) is 0 Å². The Kier molecular flexibility index (Phi) is 4.79. The lowest BCUT2D eigenvalue weighted by atomic mass is 9.90. The molecule has 1 aromatic carbocycles. The van der Waals surface area contributed by atoms with Crippen molar-refractivity contribution in [1.29, 1.82) is 0 Å². The Hall–Kier alpha value is -2.89. The number of nitrogens with one attached hydrogen (secondary N) is 1. The topological polar surface area (TPSA) is 75.0 Å². The first-order chi connectivity index (χ1) is 13.1. The van der Waals surface area contributed by atoms with Crippen molar-refractivity contribution in [3.05, 3.63) is 59.5 Å². The van der Waals surface area contributed by atoms with Crippen LogP contribution in [-0.4, -0.2) is 39.3 Å². The molecule has 1 amide bonds. The van der Waals surface area contributed by atoms with Crippen LogP contribution in [0, 0.1) is 6.92 Å². The number of H-pyrrole nitrogens is 1. The van der Waals surface area contributed by atoms with Gasteiger partial charge in [-0.3, -0.25) is 9.89 Å². The van der Waals surface area contributed by atoms with E-state index in [1.165, 1.54) is 0 Å². The SMILES string of the molecule is Cc1cc(-c2cn[nH]c2[C@@H]2CCCN(C(=O)[C@H](C)c3ccccc3)C2)on1. The largest absolute Gasteiger partial charge is 0.356 e. The van der Waals surface area contributed by atoms with E-state index in [4.69, 9.17) is 4.52 Å². The molecule has 1 N–H and O–H groups in total. The summed E-state index contributed by atoms with van der Waals surface area (Å²) in [6.07, 6.45) is 3.78. The van der Waals surface area contributed by atoms with Crippen molar-refractivity contribution in [1.82, 2.24) is 20.3 Å². The van der Waals surface area contributed by atoms with Gasteiger partial charge >= 0.3 is 0 Å². The van der Waals surface area contributed by atoms with E-state index < -0.39 is 0 Å². The summed E-state index contributed by atoms with van der Waals surface area (Å²) < 4.78 is 5.42. The molecular weight excluding hydrogens is 340 g/mol. The maximum atomic E-state index is 13.0. The third kappa shape index (κ3) is 3.52. The molecule has 1 aliphatic rings.